The Morgan fingerprint density at radius 2 is 2.38 bits per heavy atom. The first-order valence-corrected chi connectivity index (χ1v) is 5.02. The minimum Gasteiger partial charge on any atom is -0.481 e. The molecule has 0 spiro atoms. The number of nitrogens with zero attached hydrogens (tertiary/aromatic N) is 1. The van der Waals surface area contributed by atoms with Gasteiger partial charge in [0.05, 0.1) is 5.92 Å². The van der Waals surface area contributed by atoms with Gasteiger partial charge in [-0.3, -0.25) is 9.59 Å². The molecule has 88 valence electrons. The zero-order chi connectivity index (χ0) is 12.0. The molecule has 0 aliphatic carbocycles. The third-order valence-corrected chi connectivity index (χ3v) is 2.19. The molecule has 0 saturated carbocycles. The summed E-state index contributed by atoms with van der Waals surface area (Å²) in [6, 6.07) is 1.47. The van der Waals surface area contributed by atoms with Crippen molar-refractivity contribution in [3.63, 3.8) is 0 Å². The summed E-state index contributed by atoms with van der Waals surface area (Å²) in [4.78, 5) is 21.8. The Kier molecular flexibility index (Phi) is 4.50. The predicted molar refractivity (Wildman–Crippen MR) is 54.9 cm³/mol. The Hall–Kier alpha value is -1.85. The second-order valence-electron chi connectivity index (χ2n) is 3.52. The highest BCUT2D eigenvalue weighted by Gasteiger charge is 2.11. The number of carbonyl (C=O) groups is 2. The maximum absolute atomic E-state index is 11.3. The van der Waals surface area contributed by atoms with Gasteiger partial charge in [0.25, 0.3) is 5.91 Å². The number of rotatable bonds is 6. The second kappa shape index (κ2) is 5.89. The summed E-state index contributed by atoms with van der Waals surface area (Å²) in [5, 5.41) is 14.7. The number of carboxylic acid groups (broad SMARTS) is 1. The quantitative estimate of drug-likeness (QED) is 0.703. The van der Waals surface area contributed by atoms with E-state index < -0.39 is 5.97 Å². The van der Waals surface area contributed by atoms with E-state index in [2.05, 4.69) is 15.0 Å². The molecule has 1 unspecified atom stereocenters. The van der Waals surface area contributed by atoms with Crippen LogP contribution in [0.1, 0.15) is 30.3 Å². The van der Waals surface area contributed by atoms with Crippen LogP contribution in [0.2, 0.25) is 0 Å². The van der Waals surface area contributed by atoms with Crippen LogP contribution < -0.4 is 5.32 Å². The summed E-state index contributed by atoms with van der Waals surface area (Å²) in [5.41, 5.74) is 0.228. The Bertz CT molecular complexity index is 348. The van der Waals surface area contributed by atoms with E-state index in [0.29, 0.717) is 19.4 Å². The molecule has 0 aliphatic rings. The molecule has 1 atom stereocenters. The number of aromatic nitrogens is 1. The lowest BCUT2D eigenvalue weighted by molar-refractivity contribution is -0.141. The van der Waals surface area contributed by atoms with Crippen molar-refractivity contribution >= 4 is 11.9 Å². The van der Waals surface area contributed by atoms with E-state index in [9.17, 15) is 9.59 Å². The van der Waals surface area contributed by atoms with Crippen molar-refractivity contribution < 1.29 is 19.2 Å². The van der Waals surface area contributed by atoms with Crippen LogP contribution in [0.5, 0.6) is 0 Å². The third kappa shape index (κ3) is 3.72. The van der Waals surface area contributed by atoms with Crippen molar-refractivity contribution in [3.8, 4) is 0 Å². The molecule has 2 N–H and O–H groups in total. The molecule has 1 heterocycles. The topological polar surface area (TPSA) is 92.4 Å². The molecule has 0 aliphatic heterocycles. The van der Waals surface area contributed by atoms with Gasteiger partial charge in [-0.15, -0.1) is 0 Å². The molecule has 1 aromatic heterocycles. The molecule has 1 aromatic rings. The molecule has 0 fully saturated rings. The summed E-state index contributed by atoms with van der Waals surface area (Å²) in [6.45, 7) is 2.07. The fraction of sp³-hybridized carbons (Fsp3) is 0.500. The van der Waals surface area contributed by atoms with Crippen LogP contribution in [0.4, 0.5) is 0 Å². The molecule has 0 bridgehead atoms. The van der Waals surface area contributed by atoms with Crippen molar-refractivity contribution in [1.82, 2.24) is 10.5 Å². The van der Waals surface area contributed by atoms with Crippen LogP contribution >= 0.6 is 0 Å². The minimum atomic E-state index is -0.817. The summed E-state index contributed by atoms with van der Waals surface area (Å²) in [5.74, 6) is -1.51. The first kappa shape index (κ1) is 12.2. The van der Waals surface area contributed by atoms with E-state index in [1.54, 1.807) is 6.92 Å². The zero-order valence-electron chi connectivity index (χ0n) is 8.97. The standard InChI is InChI=1S/C10H14N2O4/c1-7(10(14)15)3-2-5-11-9(13)8-4-6-16-12-8/h4,6-7H,2-3,5H2,1H3,(H,11,13)(H,14,15). The van der Waals surface area contributed by atoms with Crippen molar-refractivity contribution in [3.05, 3.63) is 18.0 Å². The molecule has 16 heavy (non-hydrogen) atoms. The van der Waals surface area contributed by atoms with E-state index in [4.69, 9.17) is 5.11 Å². The first-order chi connectivity index (χ1) is 7.61. The number of amides is 1. The first-order valence-electron chi connectivity index (χ1n) is 5.02. The van der Waals surface area contributed by atoms with E-state index in [0.717, 1.165) is 0 Å². The summed E-state index contributed by atoms with van der Waals surface area (Å²) >= 11 is 0. The monoisotopic (exact) mass is 226 g/mol. The van der Waals surface area contributed by atoms with Gasteiger partial charge in [-0.05, 0) is 12.8 Å². The van der Waals surface area contributed by atoms with E-state index in [1.807, 2.05) is 0 Å². The summed E-state index contributed by atoms with van der Waals surface area (Å²) < 4.78 is 4.52. The van der Waals surface area contributed by atoms with Crippen LogP contribution in [-0.2, 0) is 4.79 Å². The molecular formula is C10H14N2O4. The molecule has 1 rings (SSSR count). The van der Waals surface area contributed by atoms with Gasteiger partial charge in [-0.25, -0.2) is 0 Å². The fourth-order valence-corrected chi connectivity index (χ4v) is 1.15. The van der Waals surface area contributed by atoms with Gasteiger partial charge < -0.3 is 14.9 Å². The smallest absolute Gasteiger partial charge is 0.306 e. The number of hydrogen-bond donors (Lipinski definition) is 2. The van der Waals surface area contributed by atoms with Gasteiger partial charge in [0.1, 0.15) is 6.26 Å². The van der Waals surface area contributed by atoms with Crippen molar-refractivity contribution in [2.45, 2.75) is 19.8 Å². The van der Waals surface area contributed by atoms with Crippen LogP contribution in [-0.4, -0.2) is 28.7 Å². The average Bonchev–Trinajstić information content (AvgIpc) is 2.76. The Labute approximate surface area is 92.6 Å². The van der Waals surface area contributed by atoms with E-state index in [1.165, 1.54) is 12.3 Å². The van der Waals surface area contributed by atoms with Crippen LogP contribution in [0.3, 0.4) is 0 Å². The van der Waals surface area contributed by atoms with Gasteiger partial charge in [0, 0.05) is 12.6 Å². The lowest BCUT2D eigenvalue weighted by Gasteiger charge is -2.06. The lowest BCUT2D eigenvalue weighted by Crippen LogP contribution is -2.25. The largest absolute Gasteiger partial charge is 0.481 e. The van der Waals surface area contributed by atoms with Crippen LogP contribution in [0.15, 0.2) is 16.9 Å². The van der Waals surface area contributed by atoms with Gasteiger partial charge >= 0.3 is 5.97 Å². The second-order valence-corrected chi connectivity index (χ2v) is 3.52. The fourth-order valence-electron chi connectivity index (χ4n) is 1.15. The lowest BCUT2D eigenvalue weighted by atomic mass is 10.1. The Balaban J connectivity index is 2.17. The minimum absolute atomic E-state index is 0.228. The van der Waals surface area contributed by atoms with Gasteiger partial charge in [0.2, 0.25) is 0 Å². The molecule has 6 nitrogen and oxygen atoms in total. The molecule has 6 heteroatoms. The Morgan fingerprint density at radius 3 is 2.94 bits per heavy atom. The third-order valence-electron chi connectivity index (χ3n) is 2.19. The highest BCUT2D eigenvalue weighted by molar-refractivity contribution is 5.91. The maximum Gasteiger partial charge on any atom is 0.306 e. The molecule has 0 saturated heterocycles. The van der Waals surface area contributed by atoms with Crippen molar-refractivity contribution in [2.24, 2.45) is 5.92 Å². The molecular weight excluding hydrogens is 212 g/mol. The van der Waals surface area contributed by atoms with Crippen LogP contribution in [0, 0.1) is 5.92 Å². The van der Waals surface area contributed by atoms with Gasteiger partial charge in [0.15, 0.2) is 5.69 Å². The van der Waals surface area contributed by atoms with E-state index >= 15 is 0 Å². The van der Waals surface area contributed by atoms with Crippen molar-refractivity contribution in [1.29, 1.82) is 0 Å². The molecule has 0 radical (unpaired) electrons. The molecule has 0 aromatic carbocycles. The summed E-state index contributed by atoms with van der Waals surface area (Å²) in [7, 11) is 0. The van der Waals surface area contributed by atoms with Crippen LogP contribution in [0.25, 0.3) is 0 Å². The zero-order valence-corrected chi connectivity index (χ0v) is 8.97. The normalized spacial score (nSPS) is 12.1. The highest BCUT2D eigenvalue weighted by atomic mass is 16.5. The maximum atomic E-state index is 11.3. The number of hydrogen-bond acceptors (Lipinski definition) is 4. The van der Waals surface area contributed by atoms with Gasteiger partial charge in [-0.2, -0.15) is 0 Å². The van der Waals surface area contributed by atoms with Gasteiger partial charge in [-0.1, -0.05) is 12.1 Å². The highest BCUT2D eigenvalue weighted by Crippen LogP contribution is 2.04. The number of carboxylic acids is 1. The number of carbonyl (C=O) groups excluding carboxylic acids is 1. The molecule has 1 amide bonds. The van der Waals surface area contributed by atoms with E-state index in [-0.39, 0.29) is 17.5 Å². The Morgan fingerprint density at radius 1 is 1.62 bits per heavy atom. The average molecular weight is 226 g/mol. The number of nitrogens with one attached hydrogen (secondary N) is 1. The number of aliphatic carboxylic acids is 1. The predicted octanol–water partition coefficient (Wildman–Crippen LogP) is 0.905. The van der Waals surface area contributed by atoms with Crippen molar-refractivity contribution in [2.75, 3.05) is 6.54 Å². The summed E-state index contributed by atoms with van der Waals surface area (Å²) in [6.07, 6.45) is 2.48. The SMILES string of the molecule is CC(CCCNC(=O)c1ccon1)C(=O)O.